The van der Waals surface area contributed by atoms with Gasteiger partial charge >= 0.3 is 6.18 Å². The predicted octanol–water partition coefficient (Wildman–Crippen LogP) is 4.05. The van der Waals surface area contributed by atoms with Crippen LogP contribution in [0.5, 0.6) is 0 Å². The van der Waals surface area contributed by atoms with Gasteiger partial charge in [-0.15, -0.1) is 0 Å². The second kappa shape index (κ2) is 8.78. The number of alkyl halides is 3. The first-order chi connectivity index (χ1) is 13.4. The van der Waals surface area contributed by atoms with Crippen LogP contribution in [0.15, 0.2) is 42.5 Å². The lowest BCUT2D eigenvalue weighted by Crippen LogP contribution is -2.31. The van der Waals surface area contributed by atoms with Gasteiger partial charge in [-0.05, 0) is 37.1 Å². The Hall–Kier alpha value is -2.66. The molecule has 7 nitrogen and oxygen atoms in total. The van der Waals surface area contributed by atoms with Gasteiger partial charge in [0, 0.05) is 24.3 Å². The SMILES string of the molecule is CC(C)NS(=O)(=O)Cc1ccccc1CNc1ccc([N+](=O)[O-])c(C(F)(F)F)c1. The second-order valence-corrected chi connectivity index (χ2v) is 8.39. The fraction of sp³-hybridized carbons (Fsp3) is 0.333. The van der Waals surface area contributed by atoms with E-state index in [9.17, 15) is 31.7 Å². The standard InChI is InChI=1S/C18H20F3N3O4S/c1-12(2)23-29(27,28)11-14-6-4-3-5-13(14)10-22-15-7-8-17(24(25)26)16(9-15)18(19,20)21/h3-9,12,22-23H,10-11H2,1-2H3. The fourth-order valence-electron chi connectivity index (χ4n) is 2.71. The first kappa shape index (κ1) is 22.6. The number of rotatable bonds is 8. The van der Waals surface area contributed by atoms with Crippen molar-refractivity contribution in [2.45, 2.75) is 38.4 Å². The Morgan fingerprint density at radius 1 is 1.10 bits per heavy atom. The molecule has 0 aliphatic rings. The maximum atomic E-state index is 13.1. The number of hydrogen-bond acceptors (Lipinski definition) is 5. The molecule has 2 N–H and O–H groups in total. The Balaban J connectivity index is 2.24. The highest BCUT2D eigenvalue weighted by molar-refractivity contribution is 7.88. The van der Waals surface area contributed by atoms with Crippen LogP contribution in [0.2, 0.25) is 0 Å². The van der Waals surface area contributed by atoms with Crippen LogP contribution in [0.4, 0.5) is 24.5 Å². The molecule has 0 atom stereocenters. The molecule has 0 saturated carbocycles. The molecule has 158 valence electrons. The zero-order valence-corrected chi connectivity index (χ0v) is 16.5. The summed E-state index contributed by atoms with van der Waals surface area (Å²) in [6.45, 7) is 3.43. The summed E-state index contributed by atoms with van der Waals surface area (Å²) in [5.41, 5.74) is -1.29. The molecule has 0 bridgehead atoms. The number of nitro groups is 1. The van der Waals surface area contributed by atoms with Crippen LogP contribution in [0, 0.1) is 10.1 Å². The second-order valence-electron chi connectivity index (χ2n) is 6.64. The quantitative estimate of drug-likeness (QED) is 0.485. The number of anilines is 1. The Morgan fingerprint density at radius 2 is 1.72 bits per heavy atom. The zero-order valence-electron chi connectivity index (χ0n) is 15.7. The van der Waals surface area contributed by atoms with Crippen molar-refractivity contribution in [1.29, 1.82) is 0 Å². The first-order valence-electron chi connectivity index (χ1n) is 8.55. The number of nitrogens with zero attached hydrogens (tertiary/aromatic N) is 1. The third kappa shape index (κ3) is 6.43. The van der Waals surface area contributed by atoms with Crippen molar-refractivity contribution in [3.8, 4) is 0 Å². The number of halogens is 3. The largest absolute Gasteiger partial charge is 0.423 e. The lowest BCUT2D eigenvalue weighted by atomic mass is 10.1. The smallest absolute Gasteiger partial charge is 0.381 e. The van der Waals surface area contributed by atoms with Crippen molar-refractivity contribution in [3.63, 3.8) is 0 Å². The van der Waals surface area contributed by atoms with Crippen molar-refractivity contribution in [2.24, 2.45) is 0 Å². The van der Waals surface area contributed by atoms with Crippen LogP contribution in [0.25, 0.3) is 0 Å². The molecule has 2 aromatic carbocycles. The lowest BCUT2D eigenvalue weighted by molar-refractivity contribution is -0.388. The molecule has 0 spiro atoms. The number of sulfonamides is 1. The normalized spacial score (nSPS) is 12.2. The van der Waals surface area contributed by atoms with Crippen LogP contribution in [-0.4, -0.2) is 19.4 Å². The van der Waals surface area contributed by atoms with Crippen LogP contribution in [-0.2, 0) is 28.5 Å². The average Bonchev–Trinajstić information content (AvgIpc) is 2.58. The maximum absolute atomic E-state index is 13.1. The lowest BCUT2D eigenvalue weighted by Gasteiger charge is -2.15. The summed E-state index contributed by atoms with van der Waals surface area (Å²) in [5.74, 6) is -0.281. The van der Waals surface area contributed by atoms with E-state index in [0.29, 0.717) is 17.2 Å². The van der Waals surface area contributed by atoms with Gasteiger partial charge in [-0.1, -0.05) is 24.3 Å². The van der Waals surface area contributed by atoms with Gasteiger partial charge in [0.2, 0.25) is 10.0 Å². The third-order valence-electron chi connectivity index (χ3n) is 3.86. The molecule has 0 unspecified atom stereocenters. The van der Waals surface area contributed by atoms with Gasteiger partial charge in [-0.2, -0.15) is 13.2 Å². The fourth-order valence-corrected chi connectivity index (χ4v) is 4.20. The molecule has 0 radical (unpaired) electrons. The van der Waals surface area contributed by atoms with Gasteiger partial charge in [0.1, 0.15) is 5.56 Å². The highest BCUT2D eigenvalue weighted by atomic mass is 32.2. The molecule has 2 aromatic rings. The van der Waals surface area contributed by atoms with E-state index < -0.39 is 32.4 Å². The number of benzene rings is 2. The Labute approximate surface area is 166 Å². The molecule has 2 rings (SSSR count). The Morgan fingerprint density at radius 3 is 2.28 bits per heavy atom. The summed E-state index contributed by atoms with van der Waals surface area (Å²) in [6, 6.07) is 8.97. The van der Waals surface area contributed by atoms with E-state index in [-0.39, 0.29) is 24.0 Å². The molecular formula is C18H20F3N3O4S. The van der Waals surface area contributed by atoms with E-state index in [0.717, 1.165) is 6.07 Å². The minimum Gasteiger partial charge on any atom is -0.381 e. The van der Waals surface area contributed by atoms with Gasteiger partial charge < -0.3 is 5.32 Å². The minimum absolute atomic E-state index is 0.0286. The molecule has 0 aliphatic heterocycles. The van der Waals surface area contributed by atoms with Crippen LogP contribution in [0.1, 0.15) is 30.5 Å². The average molecular weight is 431 g/mol. The van der Waals surface area contributed by atoms with Gasteiger partial charge in [0.05, 0.1) is 10.7 Å². The molecule has 0 heterocycles. The molecule has 0 aliphatic carbocycles. The van der Waals surface area contributed by atoms with E-state index in [1.165, 1.54) is 6.07 Å². The molecule has 0 aromatic heterocycles. The maximum Gasteiger partial charge on any atom is 0.423 e. The summed E-state index contributed by atoms with van der Waals surface area (Å²) in [4.78, 5) is 9.75. The van der Waals surface area contributed by atoms with Gasteiger partial charge in [-0.25, -0.2) is 13.1 Å². The summed E-state index contributed by atoms with van der Waals surface area (Å²) >= 11 is 0. The monoisotopic (exact) mass is 431 g/mol. The van der Waals surface area contributed by atoms with E-state index in [2.05, 4.69) is 10.0 Å². The summed E-state index contributed by atoms with van der Waals surface area (Å²) < 4.78 is 66.1. The van der Waals surface area contributed by atoms with Gasteiger partial charge in [-0.3, -0.25) is 10.1 Å². The van der Waals surface area contributed by atoms with E-state index >= 15 is 0 Å². The van der Waals surface area contributed by atoms with Crippen molar-refractivity contribution in [2.75, 3.05) is 5.32 Å². The van der Waals surface area contributed by atoms with E-state index in [1.807, 2.05) is 0 Å². The minimum atomic E-state index is -4.88. The predicted molar refractivity (Wildman–Crippen MR) is 103 cm³/mol. The molecule has 0 fully saturated rings. The summed E-state index contributed by atoms with van der Waals surface area (Å²) in [7, 11) is -3.58. The molecule has 0 saturated heterocycles. The van der Waals surface area contributed by atoms with Crippen LogP contribution >= 0.6 is 0 Å². The summed E-state index contributed by atoms with van der Waals surface area (Å²) in [5, 5.41) is 13.6. The van der Waals surface area contributed by atoms with Crippen molar-refractivity contribution >= 4 is 21.4 Å². The highest BCUT2D eigenvalue weighted by Gasteiger charge is 2.38. The first-order valence-corrected chi connectivity index (χ1v) is 10.2. The topological polar surface area (TPSA) is 101 Å². The molecule has 29 heavy (non-hydrogen) atoms. The Bertz CT molecular complexity index is 992. The third-order valence-corrected chi connectivity index (χ3v) is 5.38. The van der Waals surface area contributed by atoms with E-state index in [1.54, 1.807) is 38.1 Å². The van der Waals surface area contributed by atoms with Gasteiger partial charge in [0.25, 0.3) is 5.69 Å². The molecule has 11 heteroatoms. The van der Waals surface area contributed by atoms with Crippen molar-refractivity contribution < 1.29 is 26.5 Å². The van der Waals surface area contributed by atoms with Crippen molar-refractivity contribution in [1.82, 2.24) is 4.72 Å². The zero-order chi connectivity index (χ0) is 21.8. The van der Waals surface area contributed by atoms with Crippen molar-refractivity contribution in [3.05, 3.63) is 69.3 Å². The van der Waals surface area contributed by atoms with Crippen LogP contribution < -0.4 is 10.0 Å². The molecule has 0 amide bonds. The number of hydrogen-bond donors (Lipinski definition) is 2. The highest BCUT2D eigenvalue weighted by Crippen LogP contribution is 2.37. The summed E-state index contributed by atoms with van der Waals surface area (Å²) in [6.07, 6.45) is -4.88. The van der Waals surface area contributed by atoms with Crippen LogP contribution in [0.3, 0.4) is 0 Å². The Kier molecular flexibility index (Phi) is 6.85. The number of nitro benzene ring substituents is 1. The van der Waals surface area contributed by atoms with Gasteiger partial charge in [0.15, 0.2) is 0 Å². The number of nitrogens with one attached hydrogen (secondary N) is 2. The molecular weight excluding hydrogens is 411 g/mol. The van der Waals surface area contributed by atoms with E-state index in [4.69, 9.17) is 0 Å².